The first-order valence-electron chi connectivity index (χ1n) is 6.91. The van der Waals surface area contributed by atoms with Gasteiger partial charge in [0.15, 0.2) is 5.82 Å². The van der Waals surface area contributed by atoms with Gasteiger partial charge in [0.25, 0.3) is 5.91 Å². The smallest absolute Gasteiger partial charge is 0.273 e. The molecule has 2 heterocycles. The molecule has 1 aliphatic rings. The molecule has 1 saturated heterocycles. The maximum Gasteiger partial charge on any atom is 0.273 e. The number of nitrogens with one attached hydrogen (secondary N) is 1. The van der Waals surface area contributed by atoms with E-state index >= 15 is 0 Å². The Morgan fingerprint density at radius 2 is 2.45 bits per heavy atom. The van der Waals surface area contributed by atoms with Crippen molar-refractivity contribution in [3.05, 3.63) is 10.7 Å². The van der Waals surface area contributed by atoms with Gasteiger partial charge < -0.3 is 15.4 Å². The van der Waals surface area contributed by atoms with E-state index in [0.717, 1.165) is 45.4 Å². The molecule has 0 unspecified atom stereocenters. The Morgan fingerprint density at radius 1 is 1.65 bits per heavy atom. The molecule has 1 fully saturated rings. The number of amides is 1. The Hall–Kier alpha value is -1.27. The monoisotopic (exact) mass is 300 g/mol. The van der Waals surface area contributed by atoms with Crippen LogP contribution in [0.1, 0.15) is 36.2 Å². The van der Waals surface area contributed by atoms with Crippen molar-refractivity contribution in [1.82, 2.24) is 15.1 Å². The van der Waals surface area contributed by atoms with Gasteiger partial charge in [0, 0.05) is 26.8 Å². The zero-order valence-electron chi connectivity index (χ0n) is 11.7. The van der Waals surface area contributed by atoms with Crippen molar-refractivity contribution >= 4 is 23.3 Å². The predicted molar refractivity (Wildman–Crippen MR) is 77.7 cm³/mol. The number of H-pyrrole nitrogens is 1. The Morgan fingerprint density at radius 3 is 3.10 bits per heavy atom. The fourth-order valence-corrected chi connectivity index (χ4v) is 2.81. The van der Waals surface area contributed by atoms with Crippen LogP contribution in [0.2, 0.25) is 5.02 Å². The fourth-order valence-electron chi connectivity index (χ4n) is 2.64. The number of likely N-dealkylation sites (tertiary alicyclic amines) is 1. The van der Waals surface area contributed by atoms with E-state index in [1.807, 2.05) is 4.90 Å². The van der Waals surface area contributed by atoms with Crippen LogP contribution in [0, 0.1) is 5.92 Å². The van der Waals surface area contributed by atoms with E-state index in [4.69, 9.17) is 22.1 Å². The minimum Gasteiger partial charge on any atom is -0.385 e. The number of carbonyl (C=O) groups is 1. The number of aromatic amines is 1. The van der Waals surface area contributed by atoms with Crippen LogP contribution >= 0.6 is 11.6 Å². The van der Waals surface area contributed by atoms with Gasteiger partial charge in [-0.15, -0.1) is 0 Å². The van der Waals surface area contributed by atoms with Crippen molar-refractivity contribution in [2.45, 2.75) is 25.7 Å². The van der Waals surface area contributed by atoms with Crippen molar-refractivity contribution in [3.63, 3.8) is 0 Å². The molecule has 2 rings (SSSR count). The summed E-state index contributed by atoms with van der Waals surface area (Å²) in [5, 5.41) is 6.61. The lowest BCUT2D eigenvalue weighted by Crippen LogP contribution is -2.40. The predicted octanol–water partition coefficient (Wildman–Crippen LogP) is 1.92. The first kappa shape index (κ1) is 15.1. The second-order valence-corrected chi connectivity index (χ2v) is 5.57. The van der Waals surface area contributed by atoms with Crippen molar-refractivity contribution in [1.29, 1.82) is 0 Å². The average Bonchev–Trinajstić information content (AvgIpc) is 2.79. The number of hydrogen-bond acceptors (Lipinski definition) is 4. The second kappa shape index (κ2) is 6.95. The number of piperidine rings is 1. The van der Waals surface area contributed by atoms with Crippen LogP contribution in [0.25, 0.3) is 0 Å². The standard InChI is InChI=1S/C13H21ClN4O2/c1-20-7-3-5-9-4-2-6-18(8-9)13(19)11-10(14)12(15)17-16-11/h9H,2-8H2,1H3,(H3,15,16,17)/t9-/m1/s1. The molecular formula is C13H21ClN4O2. The maximum absolute atomic E-state index is 12.4. The Kier molecular flexibility index (Phi) is 5.25. The average molecular weight is 301 g/mol. The van der Waals surface area contributed by atoms with Crippen LogP contribution in [-0.2, 0) is 4.74 Å². The van der Waals surface area contributed by atoms with Gasteiger partial charge in [0.1, 0.15) is 10.7 Å². The van der Waals surface area contributed by atoms with E-state index in [0.29, 0.717) is 11.6 Å². The van der Waals surface area contributed by atoms with E-state index in [2.05, 4.69) is 10.2 Å². The molecule has 0 spiro atoms. The first-order chi connectivity index (χ1) is 9.63. The van der Waals surface area contributed by atoms with Gasteiger partial charge in [0.2, 0.25) is 0 Å². The molecule has 1 atom stereocenters. The number of nitrogens with zero attached hydrogens (tertiary/aromatic N) is 2. The van der Waals surface area contributed by atoms with E-state index in [-0.39, 0.29) is 16.7 Å². The Bertz CT molecular complexity index is 463. The Balaban J connectivity index is 1.94. The molecule has 1 aromatic rings. The van der Waals surface area contributed by atoms with Gasteiger partial charge in [-0.05, 0) is 31.6 Å². The first-order valence-corrected chi connectivity index (χ1v) is 7.28. The molecule has 3 N–H and O–H groups in total. The molecule has 1 aromatic heterocycles. The number of halogens is 1. The van der Waals surface area contributed by atoms with Crippen molar-refractivity contribution in [2.75, 3.05) is 32.5 Å². The highest BCUT2D eigenvalue weighted by atomic mass is 35.5. The van der Waals surface area contributed by atoms with Gasteiger partial charge in [-0.3, -0.25) is 9.89 Å². The summed E-state index contributed by atoms with van der Waals surface area (Å²) in [6, 6.07) is 0. The number of anilines is 1. The van der Waals surface area contributed by atoms with Gasteiger partial charge in [0.05, 0.1) is 0 Å². The normalized spacial score (nSPS) is 19.3. The summed E-state index contributed by atoms with van der Waals surface area (Å²) in [5.41, 5.74) is 5.85. The highest BCUT2D eigenvalue weighted by Gasteiger charge is 2.27. The topological polar surface area (TPSA) is 84.2 Å². The number of aromatic nitrogens is 2. The maximum atomic E-state index is 12.4. The van der Waals surface area contributed by atoms with Crippen molar-refractivity contribution < 1.29 is 9.53 Å². The number of hydrogen-bond donors (Lipinski definition) is 2. The van der Waals surface area contributed by atoms with Crippen LogP contribution in [0.4, 0.5) is 5.82 Å². The summed E-state index contributed by atoms with van der Waals surface area (Å²) in [4.78, 5) is 14.2. The summed E-state index contributed by atoms with van der Waals surface area (Å²) in [5.74, 6) is 0.584. The molecule has 0 radical (unpaired) electrons. The summed E-state index contributed by atoms with van der Waals surface area (Å²) in [7, 11) is 1.71. The molecule has 112 valence electrons. The number of ether oxygens (including phenoxy) is 1. The molecule has 0 aliphatic carbocycles. The zero-order valence-corrected chi connectivity index (χ0v) is 12.4. The Labute approximate surface area is 123 Å². The van der Waals surface area contributed by atoms with Gasteiger partial charge >= 0.3 is 0 Å². The van der Waals surface area contributed by atoms with Gasteiger partial charge in [-0.1, -0.05) is 11.6 Å². The van der Waals surface area contributed by atoms with Gasteiger partial charge in [-0.25, -0.2) is 0 Å². The van der Waals surface area contributed by atoms with Crippen LogP contribution < -0.4 is 5.73 Å². The number of nitrogens with two attached hydrogens (primary N) is 1. The fraction of sp³-hybridized carbons (Fsp3) is 0.692. The summed E-state index contributed by atoms with van der Waals surface area (Å²) >= 11 is 5.98. The lowest BCUT2D eigenvalue weighted by Gasteiger charge is -2.32. The van der Waals surface area contributed by atoms with E-state index in [9.17, 15) is 4.79 Å². The molecule has 20 heavy (non-hydrogen) atoms. The second-order valence-electron chi connectivity index (χ2n) is 5.19. The minimum atomic E-state index is -0.115. The number of nitrogen functional groups attached to an aromatic ring is 1. The molecule has 7 heteroatoms. The zero-order chi connectivity index (χ0) is 14.5. The minimum absolute atomic E-state index is 0.115. The third-order valence-electron chi connectivity index (χ3n) is 3.71. The largest absolute Gasteiger partial charge is 0.385 e. The third-order valence-corrected chi connectivity index (χ3v) is 4.10. The lowest BCUT2D eigenvalue weighted by molar-refractivity contribution is 0.0654. The number of rotatable bonds is 5. The molecule has 0 aromatic carbocycles. The van der Waals surface area contributed by atoms with Crippen LogP contribution in [0.15, 0.2) is 0 Å². The quantitative estimate of drug-likeness (QED) is 0.814. The van der Waals surface area contributed by atoms with Crippen LogP contribution in [0.3, 0.4) is 0 Å². The van der Waals surface area contributed by atoms with Crippen molar-refractivity contribution in [3.8, 4) is 0 Å². The summed E-state index contributed by atoms with van der Waals surface area (Å²) in [6.07, 6.45) is 4.29. The number of carbonyl (C=O) groups excluding carboxylic acids is 1. The molecular weight excluding hydrogens is 280 g/mol. The molecule has 0 saturated carbocycles. The van der Waals surface area contributed by atoms with Gasteiger partial charge in [-0.2, -0.15) is 5.10 Å². The highest BCUT2D eigenvalue weighted by Crippen LogP contribution is 2.25. The third kappa shape index (κ3) is 3.43. The van der Waals surface area contributed by atoms with Crippen LogP contribution in [-0.4, -0.2) is 47.8 Å². The summed E-state index contributed by atoms with van der Waals surface area (Å²) in [6.45, 7) is 2.29. The van der Waals surface area contributed by atoms with E-state index < -0.39 is 0 Å². The highest BCUT2D eigenvalue weighted by molar-refractivity contribution is 6.35. The molecule has 0 bridgehead atoms. The summed E-state index contributed by atoms with van der Waals surface area (Å²) < 4.78 is 5.07. The van der Waals surface area contributed by atoms with E-state index in [1.165, 1.54) is 0 Å². The molecule has 6 nitrogen and oxygen atoms in total. The number of methoxy groups -OCH3 is 1. The van der Waals surface area contributed by atoms with Crippen LogP contribution in [0.5, 0.6) is 0 Å². The molecule has 1 aliphatic heterocycles. The van der Waals surface area contributed by atoms with E-state index in [1.54, 1.807) is 7.11 Å². The molecule has 1 amide bonds. The lowest BCUT2D eigenvalue weighted by atomic mass is 9.93. The SMILES string of the molecule is COCCC[C@H]1CCCN(C(=O)c2[nH]nc(N)c2Cl)C1. The van der Waals surface area contributed by atoms with Crippen molar-refractivity contribution in [2.24, 2.45) is 5.92 Å².